The molecule has 0 unspecified atom stereocenters. The average Bonchev–Trinajstić information content (AvgIpc) is 2.94. The first-order valence-electron chi connectivity index (χ1n) is 12.0. The number of nitrogens with one attached hydrogen (secondary N) is 1. The number of carbonyl (C=O) groups is 2. The van der Waals surface area contributed by atoms with Crippen LogP contribution in [-0.2, 0) is 26.0 Å². The van der Waals surface area contributed by atoms with Crippen molar-refractivity contribution in [3.05, 3.63) is 53.1 Å². The second-order valence-corrected chi connectivity index (χ2v) is 11.5. The minimum Gasteiger partial charge on any atom is -0.324 e. The molecule has 1 fully saturated rings. The van der Waals surface area contributed by atoms with E-state index in [4.69, 9.17) is 0 Å². The van der Waals surface area contributed by atoms with Gasteiger partial charge in [0.05, 0.1) is 4.90 Å². The molecule has 1 saturated heterocycles. The highest BCUT2D eigenvalue weighted by Gasteiger charge is 2.30. The molecule has 7 nitrogen and oxygen atoms in total. The molecule has 4 rings (SSSR count). The summed E-state index contributed by atoms with van der Waals surface area (Å²) in [6, 6.07) is 10.7. The molecule has 2 aromatic rings. The molecule has 0 radical (unpaired) electrons. The summed E-state index contributed by atoms with van der Waals surface area (Å²) in [6.07, 6.45) is 3.25. The molecule has 0 atom stereocenters. The highest BCUT2D eigenvalue weighted by molar-refractivity contribution is 7.89. The van der Waals surface area contributed by atoms with Gasteiger partial charge in [-0.15, -0.1) is 0 Å². The van der Waals surface area contributed by atoms with Crippen molar-refractivity contribution in [1.82, 2.24) is 4.31 Å². The average molecular weight is 484 g/mol. The minimum atomic E-state index is -3.58. The van der Waals surface area contributed by atoms with Crippen molar-refractivity contribution in [1.29, 1.82) is 0 Å². The molecule has 1 N–H and O–H groups in total. The van der Waals surface area contributed by atoms with Gasteiger partial charge in [-0.1, -0.05) is 24.6 Å². The van der Waals surface area contributed by atoms with Crippen LogP contribution in [0.3, 0.4) is 0 Å². The van der Waals surface area contributed by atoms with Crippen molar-refractivity contribution in [3.63, 3.8) is 0 Å². The van der Waals surface area contributed by atoms with Crippen LogP contribution in [0.1, 0.15) is 49.3 Å². The SMILES string of the molecule is Cc1ccc(NC(=O)CN2C(=O)CCCc3cc(S(=O)(=O)N4CCC(C)CC4)ccc32)c(C)c1. The predicted molar refractivity (Wildman–Crippen MR) is 133 cm³/mol. The molecular formula is C26H33N3O4S. The Balaban J connectivity index is 1.56. The number of hydrogen-bond donors (Lipinski definition) is 1. The number of sulfonamides is 1. The Morgan fingerprint density at radius 2 is 1.79 bits per heavy atom. The third-order valence-corrected chi connectivity index (χ3v) is 8.71. The van der Waals surface area contributed by atoms with Gasteiger partial charge in [0.15, 0.2) is 0 Å². The Morgan fingerprint density at radius 3 is 2.50 bits per heavy atom. The molecule has 0 saturated carbocycles. The van der Waals surface area contributed by atoms with Crippen LogP contribution in [0.15, 0.2) is 41.3 Å². The first-order valence-corrected chi connectivity index (χ1v) is 13.4. The highest BCUT2D eigenvalue weighted by Crippen LogP contribution is 2.31. The predicted octanol–water partition coefficient (Wildman–Crippen LogP) is 4.03. The maximum Gasteiger partial charge on any atom is 0.244 e. The van der Waals surface area contributed by atoms with Crippen LogP contribution in [0.5, 0.6) is 0 Å². The first kappa shape index (κ1) is 24.4. The summed E-state index contributed by atoms with van der Waals surface area (Å²) in [5.41, 5.74) is 4.19. The molecule has 182 valence electrons. The lowest BCUT2D eigenvalue weighted by Gasteiger charge is -2.30. The van der Waals surface area contributed by atoms with E-state index in [1.54, 1.807) is 22.5 Å². The fraction of sp³-hybridized carbons (Fsp3) is 0.462. The van der Waals surface area contributed by atoms with Crippen molar-refractivity contribution in [3.8, 4) is 0 Å². The normalized spacial score (nSPS) is 17.9. The molecule has 2 amide bonds. The lowest BCUT2D eigenvalue weighted by molar-refractivity contribution is -0.121. The molecule has 0 aromatic heterocycles. The Bertz CT molecular complexity index is 1200. The van der Waals surface area contributed by atoms with Gasteiger partial charge in [0, 0.05) is 30.9 Å². The topological polar surface area (TPSA) is 86.8 Å². The van der Waals surface area contributed by atoms with Crippen molar-refractivity contribution in [2.45, 2.75) is 57.8 Å². The van der Waals surface area contributed by atoms with E-state index in [0.29, 0.717) is 44.0 Å². The summed E-state index contributed by atoms with van der Waals surface area (Å²) in [6.45, 7) is 7.02. The van der Waals surface area contributed by atoms with Crippen LogP contribution in [0, 0.1) is 19.8 Å². The highest BCUT2D eigenvalue weighted by atomic mass is 32.2. The Labute approximate surface area is 202 Å². The number of carbonyl (C=O) groups excluding carboxylic acids is 2. The van der Waals surface area contributed by atoms with Crippen LogP contribution in [0.2, 0.25) is 0 Å². The molecular weight excluding hydrogens is 450 g/mol. The van der Waals surface area contributed by atoms with Crippen LogP contribution in [0.4, 0.5) is 11.4 Å². The quantitative estimate of drug-likeness (QED) is 0.696. The molecule has 2 aromatic carbocycles. The summed E-state index contributed by atoms with van der Waals surface area (Å²) in [4.78, 5) is 27.4. The number of anilines is 2. The Kier molecular flexibility index (Phi) is 7.09. The van der Waals surface area contributed by atoms with Gasteiger partial charge >= 0.3 is 0 Å². The molecule has 0 bridgehead atoms. The summed E-state index contributed by atoms with van der Waals surface area (Å²) in [7, 11) is -3.58. The third kappa shape index (κ3) is 5.18. The number of aryl methyl sites for hydroxylation is 3. The maximum absolute atomic E-state index is 13.2. The van der Waals surface area contributed by atoms with Gasteiger partial charge < -0.3 is 10.2 Å². The molecule has 0 spiro atoms. The van der Waals surface area contributed by atoms with Crippen LogP contribution < -0.4 is 10.2 Å². The Morgan fingerprint density at radius 1 is 1.06 bits per heavy atom. The van der Waals surface area contributed by atoms with E-state index in [0.717, 1.165) is 35.2 Å². The number of fused-ring (bicyclic) bond motifs is 1. The lowest BCUT2D eigenvalue weighted by atomic mass is 10.0. The zero-order valence-corrected chi connectivity index (χ0v) is 21.0. The fourth-order valence-corrected chi connectivity index (χ4v) is 6.24. The van der Waals surface area contributed by atoms with Crippen LogP contribution in [0.25, 0.3) is 0 Å². The molecule has 2 aliphatic rings. The molecule has 0 aliphatic carbocycles. The summed E-state index contributed by atoms with van der Waals surface area (Å²) >= 11 is 0. The molecule has 8 heteroatoms. The van der Waals surface area contributed by atoms with Gasteiger partial charge in [-0.3, -0.25) is 9.59 Å². The summed E-state index contributed by atoms with van der Waals surface area (Å²) < 4.78 is 28.0. The zero-order valence-electron chi connectivity index (χ0n) is 20.1. The largest absolute Gasteiger partial charge is 0.324 e. The number of benzene rings is 2. The van der Waals surface area contributed by atoms with Crippen molar-refractivity contribution in [2.75, 3.05) is 29.9 Å². The van der Waals surface area contributed by atoms with Crippen LogP contribution in [-0.4, -0.2) is 44.2 Å². The number of rotatable bonds is 5. The van der Waals surface area contributed by atoms with Crippen molar-refractivity contribution >= 4 is 33.2 Å². The fourth-order valence-electron chi connectivity index (χ4n) is 4.72. The monoisotopic (exact) mass is 483 g/mol. The van der Waals surface area contributed by atoms with E-state index in [-0.39, 0.29) is 23.3 Å². The van der Waals surface area contributed by atoms with E-state index in [1.165, 1.54) is 4.90 Å². The Hall–Kier alpha value is -2.71. The standard InChI is InChI=1S/C26H33N3O4S/c1-18-11-13-28(14-12-18)34(32,33)22-8-10-24-21(16-22)5-4-6-26(31)29(24)17-25(30)27-23-9-7-19(2)15-20(23)3/h7-10,15-16,18H,4-6,11-14,17H2,1-3H3,(H,27,30). The number of hydrogen-bond acceptors (Lipinski definition) is 4. The van der Waals surface area contributed by atoms with E-state index in [9.17, 15) is 18.0 Å². The van der Waals surface area contributed by atoms with Gasteiger partial charge in [0.2, 0.25) is 21.8 Å². The van der Waals surface area contributed by atoms with Crippen molar-refractivity contribution in [2.24, 2.45) is 5.92 Å². The first-order chi connectivity index (χ1) is 16.1. The van der Waals surface area contributed by atoms with E-state index >= 15 is 0 Å². The molecule has 34 heavy (non-hydrogen) atoms. The molecule has 2 aliphatic heterocycles. The van der Waals surface area contributed by atoms with Gasteiger partial charge in [0.1, 0.15) is 6.54 Å². The smallest absolute Gasteiger partial charge is 0.244 e. The third-order valence-electron chi connectivity index (χ3n) is 6.82. The van der Waals surface area contributed by atoms with E-state index < -0.39 is 10.0 Å². The second kappa shape index (κ2) is 9.88. The number of amides is 2. The number of nitrogens with zero attached hydrogens (tertiary/aromatic N) is 2. The second-order valence-electron chi connectivity index (χ2n) is 9.58. The van der Waals surface area contributed by atoms with Gasteiger partial charge in [0.25, 0.3) is 0 Å². The van der Waals surface area contributed by atoms with Gasteiger partial charge in [-0.2, -0.15) is 4.31 Å². The van der Waals surface area contributed by atoms with E-state index in [2.05, 4.69) is 12.2 Å². The van der Waals surface area contributed by atoms with E-state index in [1.807, 2.05) is 32.0 Å². The van der Waals surface area contributed by atoms with Gasteiger partial charge in [-0.25, -0.2) is 8.42 Å². The lowest BCUT2D eigenvalue weighted by Crippen LogP contribution is -2.38. The molecule has 2 heterocycles. The van der Waals surface area contributed by atoms with Gasteiger partial charge in [-0.05, 0) is 80.8 Å². The maximum atomic E-state index is 13.2. The zero-order chi connectivity index (χ0) is 24.5. The number of piperidine rings is 1. The summed E-state index contributed by atoms with van der Waals surface area (Å²) in [5, 5.41) is 2.90. The van der Waals surface area contributed by atoms with Crippen molar-refractivity contribution < 1.29 is 18.0 Å². The summed E-state index contributed by atoms with van der Waals surface area (Å²) in [5.74, 6) is 0.121. The minimum absolute atomic E-state index is 0.116. The van der Waals surface area contributed by atoms with Crippen LogP contribution >= 0.6 is 0 Å².